The Morgan fingerprint density at radius 2 is 1.89 bits per heavy atom. The van der Waals surface area contributed by atoms with E-state index in [-0.39, 0.29) is 17.4 Å². The van der Waals surface area contributed by atoms with Gasteiger partial charge in [-0.2, -0.15) is 0 Å². The van der Waals surface area contributed by atoms with Gasteiger partial charge in [0, 0.05) is 19.0 Å². The Kier molecular flexibility index (Phi) is 5.00. The van der Waals surface area contributed by atoms with E-state index in [9.17, 15) is 14.7 Å². The van der Waals surface area contributed by atoms with Crippen LogP contribution in [0.4, 0.5) is 0 Å². The molecule has 1 amide bonds. The van der Waals surface area contributed by atoms with Crippen LogP contribution in [-0.4, -0.2) is 42.0 Å². The molecule has 2 heterocycles. The van der Waals surface area contributed by atoms with Gasteiger partial charge in [0.05, 0.1) is 18.9 Å². The van der Waals surface area contributed by atoms with Gasteiger partial charge in [0.1, 0.15) is 11.8 Å². The molecule has 0 bridgehead atoms. The number of rotatable bonds is 6. The van der Waals surface area contributed by atoms with Crippen molar-refractivity contribution in [2.24, 2.45) is 17.8 Å². The summed E-state index contributed by atoms with van der Waals surface area (Å²) in [6.45, 7) is 3.44. The number of hydrogen-bond donors (Lipinski definition) is 2. The Hall–Kier alpha value is -2.57. The number of benzene rings is 1. The van der Waals surface area contributed by atoms with Crippen molar-refractivity contribution in [1.82, 2.24) is 10.3 Å². The zero-order valence-corrected chi connectivity index (χ0v) is 16.0. The molecule has 6 heteroatoms. The van der Waals surface area contributed by atoms with Crippen molar-refractivity contribution < 1.29 is 19.4 Å². The summed E-state index contributed by atoms with van der Waals surface area (Å²) in [7, 11) is 1.51. The highest BCUT2D eigenvalue weighted by atomic mass is 16.5. The van der Waals surface area contributed by atoms with Crippen LogP contribution in [0, 0.1) is 24.7 Å². The van der Waals surface area contributed by atoms with Crippen LogP contribution in [0.25, 0.3) is 0 Å². The minimum absolute atomic E-state index is 0.0238. The second kappa shape index (κ2) is 7.45. The summed E-state index contributed by atoms with van der Waals surface area (Å²) in [4.78, 5) is 29.3. The van der Waals surface area contributed by atoms with Crippen LogP contribution < -0.4 is 5.32 Å². The number of hydrogen-bond acceptors (Lipinski definition) is 5. The van der Waals surface area contributed by atoms with E-state index in [1.165, 1.54) is 13.1 Å². The molecule has 0 radical (unpaired) electrons. The van der Waals surface area contributed by atoms with E-state index in [4.69, 9.17) is 4.74 Å². The van der Waals surface area contributed by atoms with Gasteiger partial charge in [-0.25, -0.2) is 4.98 Å². The molecule has 2 aromatic rings. The normalized spacial score (nSPS) is 23.8. The molecule has 1 aliphatic heterocycles. The molecule has 1 saturated carbocycles. The third kappa shape index (κ3) is 3.57. The fourth-order valence-electron chi connectivity index (χ4n) is 4.01. The number of amides is 1. The van der Waals surface area contributed by atoms with Gasteiger partial charge in [0.15, 0.2) is 5.78 Å². The summed E-state index contributed by atoms with van der Waals surface area (Å²) < 4.78 is 5.39. The zero-order valence-electron chi connectivity index (χ0n) is 16.0. The van der Waals surface area contributed by atoms with E-state index in [0.29, 0.717) is 41.0 Å². The molecular weight excluding hydrogens is 356 g/mol. The standard InChI is InChI=1S/C22H24N2O4/c1-12-3-5-13(6-4-12)21(26)18-7-14(8-19(24-18)22(27)23-2)20(25)9-15-16-10-28-11-17(15)16/h3-8,15-17,21,26H,9-11H2,1-2H3,(H,23,27)/t15?,16-,17+,21?. The summed E-state index contributed by atoms with van der Waals surface area (Å²) in [6.07, 6.45) is -0.568. The molecule has 4 rings (SSSR count). The smallest absolute Gasteiger partial charge is 0.269 e. The molecule has 1 saturated heterocycles. The number of fused-ring (bicyclic) bond motifs is 1. The number of aliphatic hydroxyl groups is 1. The van der Waals surface area contributed by atoms with Crippen molar-refractivity contribution in [1.29, 1.82) is 0 Å². The number of nitrogens with one attached hydrogen (secondary N) is 1. The first-order valence-electron chi connectivity index (χ1n) is 9.57. The summed E-state index contributed by atoms with van der Waals surface area (Å²) in [5.74, 6) is 0.931. The van der Waals surface area contributed by atoms with Gasteiger partial charge in [0.25, 0.3) is 5.91 Å². The van der Waals surface area contributed by atoms with Crippen molar-refractivity contribution >= 4 is 11.7 Å². The topological polar surface area (TPSA) is 88.5 Å². The molecule has 1 aromatic heterocycles. The molecule has 4 atom stereocenters. The SMILES string of the molecule is CNC(=O)c1cc(C(=O)CC2[C@H]3COC[C@@H]23)cc(C(O)c2ccc(C)cc2)n1. The maximum Gasteiger partial charge on any atom is 0.269 e. The lowest BCUT2D eigenvalue weighted by Gasteiger charge is -2.14. The highest BCUT2D eigenvalue weighted by Crippen LogP contribution is 2.52. The van der Waals surface area contributed by atoms with Gasteiger partial charge in [0.2, 0.25) is 0 Å². The quantitative estimate of drug-likeness (QED) is 0.751. The van der Waals surface area contributed by atoms with Crippen LogP contribution in [0.3, 0.4) is 0 Å². The van der Waals surface area contributed by atoms with Crippen molar-refractivity contribution in [2.75, 3.05) is 20.3 Å². The third-order valence-electron chi connectivity index (χ3n) is 5.85. The Balaban J connectivity index is 1.62. The van der Waals surface area contributed by atoms with Crippen molar-refractivity contribution in [2.45, 2.75) is 19.4 Å². The van der Waals surface area contributed by atoms with Crippen molar-refractivity contribution in [3.05, 3.63) is 64.5 Å². The van der Waals surface area contributed by atoms with Gasteiger partial charge in [-0.05, 0) is 42.4 Å². The Labute approximate surface area is 163 Å². The fraction of sp³-hybridized carbons (Fsp3) is 0.409. The number of Topliss-reactive ketones (excluding diaryl/α,β-unsaturated/α-hetero) is 1. The molecule has 146 valence electrons. The predicted molar refractivity (Wildman–Crippen MR) is 103 cm³/mol. The second-order valence-electron chi connectivity index (χ2n) is 7.71. The lowest BCUT2D eigenvalue weighted by molar-refractivity contribution is 0.0950. The van der Waals surface area contributed by atoms with Crippen LogP contribution in [0.1, 0.15) is 50.2 Å². The van der Waals surface area contributed by atoms with E-state index in [2.05, 4.69) is 10.3 Å². The lowest BCUT2D eigenvalue weighted by Crippen LogP contribution is -2.21. The van der Waals surface area contributed by atoms with Crippen LogP contribution in [0.5, 0.6) is 0 Å². The summed E-state index contributed by atoms with van der Waals surface area (Å²) >= 11 is 0. The van der Waals surface area contributed by atoms with E-state index < -0.39 is 6.10 Å². The van der Waals surface area contributed by atoms with Crippen LogP contribution in [0.15, 0.2) is 36.4 Å². The van der Waals surface area contributed by atoms with Crippen LogP contribution in [-0.2, 0) is 4.74 Å². The Morgan fingerprint density at radius 1 is 1.21 bits per heavy atom. The minimum atomic E-state index is -1.01. The largest absolute Gasteiger partial charge is 0.382 e. The minimum Gasteiger partial charge on any atom is -0.382 e. The van der Waals surface area contributed by atoms with E-state index in [0.717, 1.165) is 18.8 Å². The van der Waals surface area contributed by atoms with Crippen molar-refractivity contribution in [3.63, 3.8) is 0 Å². The number of pyridine rings is 1. The molecule has 1 aromatic carbocycles. The first-order chi connectivity index (χ1) is 13.5. The van der Waals surface area contributed by atoms with Gasteiger partial charge < -0.3 is 15.2 Å². The number of ether oxygens (including phenoxy) is 1. The predicted octanol–water partition coefficient (Wildman–Crippen LogP) is 2.30. The Bertz CT molecular complexity index is 899. The fourth-order valence-corrected chi connectivity index (χ4v) is 4.01. The Morgan fingerprint density at radius 3 is 2.54 bits per heavy atom. The average Bonchev–Trinajstić information content (AvgIpc) is 3.13. The zero-order chi connectivity index (χ0) is 19.8. The van der Waals surface area contributed by atoms with Gasteiger partial charge in [-0.15, -0.1) is 0 Å². The second-order valence-corrected chi connectivity index (χ2v) is 7.71. The first kappa shape index (κ1) is 18.8. The number of carbonyl (C=O) groups is 2. The molecule has 2 fully saturated rings. The van der Waals surface area contributed by atoms with E-state index in [1.54, 1.807) is 6.07 Å². The van der Waals surface area contributed by atoms with Crippen molar-refractivity contribution in [3.8, 4) is 0 Å². The molecule has 28 heavy (non-hydrogen) atoms. The van der Waals surface area contributed by atoms with Gasteiger partial charge in [-0.1, -0.05) is 29.8 Å². The highest BCUT2D eigenvalue weighted by molar-refractivity contribution is 6.00. The number of aliphatic hydroxyl groups excluding tert-OH is 1. The maximum absolute atomic E-state index is 12.9. The molecule has 2 N–H and O–H groups in total. The number of ketones is 1. The lowest BCUT2D eigenvalue weighted by atomic mass is 9.99. The first-order valence-corrected chi connectivity index (χ1v) is 9.57. The summed E-state index contributed by atoms with van der Waals surface area (Å²) in [5, 5.41) is 13.3. The molecule has 2 aliphatic rings. The molecule has 1 aliphatic carbocycles. The number of aryl methyl sites for hydroxylation is 1. The molecule has 0 spiro atoms. The summed E-state index contributed by atoms with van der Waals surface area (Å²) in [6, 6.07) is 10.6. The van der Waals surface area contributed by atoms with Crippen LogP contribution in [0.2, 0.25) is 0 Å². The monoisotopic (exact) mass is 380 g/mol. The number of nitrogens with zero attached hydrogens (tertiary/aromatic N) is 1. The molecular formula is C22H24N2O4. The number of carbonyl (C=O) groups excluding carboxylic acids is 2. The van der Waals surface area contributed by atoms with Gasteiger partial charge in [-0.3, -0.25) is 9.59 Å². The van der Waals surface area contributed by atoms with E-state index in [1.807, 2.05) is 31.2 Å². The average molecular weight is 380 g/mol. The summed E-state index contributed by atoms with van der Waals surface area (Å²) in [5.41, 5.74) is 2.60. The van der Waals surface area contributed by atoms with E-state index >= 15 is 0 Å². The maximum atomic E-state index is 12.9. The number of aromatic nitrogens is 1. The van der Waals surface area contributed by atoms with Crippen LogP contribution >= 0.6 is 0 Å². The highest BCUT2D eigenvalue weighted by Gasteiger charge is 2.54. The molecule has 2 unspecified atom stereocenters. The van der Waals surface area contributed by atoms with Gasteiger partial charge >= 0.3 is 0 Å². The molecule has 6 nitrogen and oxygen atoms in total. The third-order valence-corrected chi connectivity index (χ3v) is 5.85.